The molecule has 1 heterocycles. The van der Waals surface area contributed by atoms with E-state index in [9.17, 15) is 0 Å². The molecule has 0 amide bonds. The molecular formula is C17H28N2S. The number of hydrogen-bond donors (Lipinski definition) is 1. The highest BCUT2D eigenvalue weighted by Gasteiger charge is 2.14. The summed E-state index contributed by atoms with van der Waals surface area (Å²) in [6.45, 7) is 9.95. The lowest BCUT2D eigenvalue weighted by Crippen LogP contribution is -2.23. The average molecular weight is 292 g/mol. The largest absolute Gasteiger partial charge is 0.312 e. The Morgan fingerprint density at radius 2 is 1.85 bits per heavy atom. The minimum atomic E-state index is 0.891. The Bertz CT molecular complexity index is 367. The van der Waals surface area contributed by atoms with Crippen molar-refractivity contribution in [1.29, 1.82) is 0 Å². The smallest absolute Gasteiger partial charge is 0.0233 e. The molecule has 1 aromatic rings. The van der Waals surface area contributed by atoms with Crippen LogP contribution >= 0.6 is 11.8 Å². The van der Waals surface area contributed by atoms with Crippen molar-refractivity contribution in [1.82, 2.24) is 10.2 Å². The van der Waals surface area contributed by atoms with Crippen LogP contribution in [0.2, 0.25) is 0 Å². The number of nitrogens with zero attached hydrogens (tertiary/aromatic N) is 1. The molecule has 3 heteroatoms. The summed E-state index contributed by atoms with van der Waals surface area (Å²) in [7, 11) is 0. The first kappa shape index (κ1) is 15.9. The predicted molar refractivity (Wildman–Crippen MR) is 90.2 cm³/mol. The van der Waals surface area contributed by atoms with Crippen molar-refractivity contribution in [2.24, 2.45) is 5.92 Å². The summed E-state index contributed by atoms with van der Waals surface area (Å²) in [6.07, 6.45) is 1.39. The number of thioether (sulfide) groups is 1. The van der Waals surface area contributed by atoms with E-state index in [0.717, 1.165) is 32.1 Å². The van der Waals surface area contributed by atoms with Gasteiger partial charge in [0.25, 0.3) is 0 Å². The Morgan fingerprint density at radius 3 is 2.45 bits per heavy atom. The molecule has 0 aromatic heterocycles. The maximum absolute atomic E-state index is 3.60. The first-order valence-electron chi connectivity index (χ1n) is 7.90. The van der Waals surface area contributed by atoms with Crippen LogP contribution in [0.15, 0.2) is 24.3 Å². The fraction of sp³-hybridized carbons (Fsp3) is 0.647. The van der Waals surface area contributed by atoms with Crippen molar-refractivity contribution < 1.29 is 0 Å². The van der Waals surface area contributed by atoms with Crippen LogP contribution in [0.3, 0.4) is 0 Å². The van der Waals surface area contributed by atoms with Crippen LogP contribution in [-0.4, -0.2) is 36.0 Å². The van der Waals surface area contributed by atoms with E-state index in [0.29, 0.717) is 0 Å². The molecule has 1 N–H and O–H groups in total. The van der Waals surface area contributed by atoms with Gasteiger partial charge in [-0.15, -0.1) is 0 Å². The SMILES string of the molecule is CCN(CC)Cc1ccc(CNCC2CCSC2)cc1. The standard InChI is InChI=1S/C17H28N2S/c1-3-19(4-2)13-16-7-5-15(6-8-16)11-18-12-17-9-10-20-14-17/h5-8,17-18H,3-4,9-14H2,1-2H3. The molecule has 1 atom stereocenters. The van der Waals surface area contributed by atoms with Crippen LogP contribution in [0.5, 0.6) is 0 Å². The van der Waals surface area contributed by atoms with Gasteiger partial charge in [0.15, 0.2) is 0 Å². The maximum atomic E-state index is 3.60. The van der Waals surface area contributed by atoms with Crippen LogP contribution < -0.4 is 5.32 Å². The quantitative estimate of drug-likeness (QED) is 0.791. The van der Waals surface area contributed by atoms with Crippen molar-refractivity contribution in [3.8, 4) is 0 Å². The molecule has 112 valence electrons. The van der Waals surface area contributed by atoms with Gasteiger partial charge < -0.3 is 5.32 Å². The number of rotatable bonds is 8. The summed E-state index contributed by atoms with van der Waals surface area (Å²) in [5, 5.41) is 3.60. The van der Waals surface area contributed by atoms with E-state index in [1.54, 1.807) is 0 Å². The molecule has 1 fully saturated rings. The van der Waals surface area contributed by atoms with Crippen molar-refractivity contribution in [3.05, 3.63) is 35.4 Å². The average Bonchev–Trinajstić information content (AvgIpc) is 2.99. The van der Waals surface area contributed by atoms with E-state index >= 15 is 0 Å². The second-order valence-electron chi connectivity index (χ2n) is 5.64. The van der Waals surface area contributed by atoms with Gasteiger partial charge in [0.05, 0.1) is 0 Å². The van der Waals surface area contributed by atoms with Crippen LogP contribution in [-0.2, 0) is 13.1 Å². The molecule has 0 saturated carbocycles. The zero-order valence-corrected chi connectivity index (χ0v) is 13.7. The van der Waals surface area contributed by atoms with Crippen LogP contribution in [0.25, 0.3) is 0 Å². The molecule has 1 aliphatic heterocycles. The van der Waals surface area contributed by atoms with Gasteiger partial charge in [-0.05, 0) is 54.6 Å². The van der Waals surface area contributed by atoms with Gasteiger partial charge in [-0.3, -0.25) is 4.90 Å². The van der Waals surface area contributed by atoms with Crippen molar-refractivity contribution in [3.63, 3.8) is 0 Å². The third-order valence-corrected chi connectivity index (χ3v) is 5.34. The second-order valence-corrected chi connectivity index (χ2v) is 6.79. The van der Waals surface area contributed by atoms with Crippen LogP contribution in [0.4, 0.5) is 0 Å². The normalized spacial score (nSPS) is 18.9. The van der Waals surface area contributed by atoms with Crippen molar-refractivity contribution in [2.45, 2.75) is 33.4 Å². The van der Waals surface area contributed by atoms with Crippen LogP contribution in [0.1, 0.15) is 31.4 Å². The Hall–Kier alpha value is -0.510. The van der Waals surface area contributed by atoms with E-state index in [2.05, 4.69) is 60.1 Å². The minimum absolute atomic E-state index is 0.891. The third-order valence-electron chi connectivity index (χ3n) is 4.11. The van der Waals surface area contributed by atoms with Gasteiger partial charge in [0, 0.05) is 13.1 Å². The summed E-state index contributed by atoms with van der Waals surface area (Å²) in [4.78, 5) is 2.45. The maximum Gasteiger partial charge on any atom is 0.0233 e. The molecule has 2 rings (SSSR count). The predicted octanol–water partition coefficient (Wildman–Crippen LogP) is 3.37. The van der Waals surface area contributed by atoms with Gasteiger partial charge in [-0.25, -0.2) is 0 Å². The number of hydrogen-bond acceptors (Lipinski definition) is 3. The first-order valence-corrected chi connectivity index (χ1v) is 9.06. The van der Waals surface area contributed by atoms with Gasteiger partial charge in [0.2, 0.25) is 0 Å². The van der Waals surface area contributed by atoms with Crippen LogP contribution in [0, 0.1) is 5.92 Å². The summed E-state index contributed by atoms with van der Waals surface area (Å²) >= 11 is 2.10. The Balaban J connectivity index is 1.73. The topological polar surface area (TPSA) is 15.3 Å². The van der Waals surface area contributed by atoms with Gasteiger partial charge >= 0.3 is 0 Å². The van der Waals surface area contributed by atoms with E-state index in [1.165, 1.54) is 35.6 Å². The molecule has 2 nitrogen and oxygen atoms in total. The Kier molecular flexibility index (Phi) is 6.91. The molecular weight excluding hydrogens is 264 g/mol. The van der Waals surface area contributed by atoms with Crippen molar-refractivity contribution in [2.75, 3.05) is 31.1 Å². The lowest BCUT2D eigenvalue weighted by Gasteiger charge is -2.18. The summed E-state index contributed by atoms with van der Waals surface area (Å²) in [6, 6.07) is 9.10. The Labute approximate surface area is 128 Å². The fourth-order valence-electron chi connectivity index (χ4n) is 2.63. The molecule has 0 aliphatic carbocycles. The lowest BCUT2D eigenvalue weighted by molar-refractivity contribution is 0.296. The lowest BCUT2D eigenvalue weighted by atomic mass is 10.1. The molecule has 1 unspecified atom stereocenters. The fourth-order valence-corrected chi connectivity index (χ4v) is 3.92. The van der Waals surface area contributed by atoms with Gasteiger partial charge in [-0.2, -0.15) is 11.8 Å². The van der Waals surface area contributed by atoms with Crippen molar-refractivity contribution >= 4 is 11.8 Å². The monoisotopic (exact) mass is 292 g/mol. The third kappa shape index (κ3) is 5.12. The number of benzene rings is 1. The molecule has 0 radical (unpaired) electrons. The van der Waals surface area contributed by atoms with E-state index < -0.39 is 0 Å². The zero-order chi connectivity index (χ0) is 14.2. The molecule has 1 saturated heterocycles. The summed E-state index contributed by atoms with van der Waals surface area (Å²) in [5.41, 5.74) is 2.82. The highest BCUT2D eigenvalue weighted by molar-refractivity contribution is 7.99. The molecule has 1 aromatic carbocycles. The van der Waals surface area contributed by atoms with Gasteiger partial charge in [0.1, 0.15) is 0 Å². The summed E-state index contributed by atoms with van der Waals surface area (Å²) < 4.78 is 0. The summed E-state index contributed by atoms with van der Waals surface area (Å²) in [5.74, 6) is 3.59. The molecule has 0 spiro atoms. The molecule has 1 aliphatic rings. The zero-order valence-electron chi connectivity index (χ0n) is 12.9. The second kappa shape index (κ2) is 8.71. The molecule has 0 bridgehead atoms. The highest BCUT2D eigenvalue weighted by Crippen LogP contribution is 2.22. The highest BCUT2D eigenvalue weighted by atomic mass is 32.2. The van der Waals surface area contributed by atoms with E-state index in [1.807, 2.05) is 0 Å². The number of nitrogens with one attached hydrogen (secondary N) is 1. The minimum Gasteiger partial charge on any atom is -0.312 e. The van der Waals surface area contributed by atoms with E-state index in [4.69, 9.17) is 0 Å². The first-order chi connectivity index (χ1) is 9.81. The van der Waals surface area contributed by atoms with E-state index in [-0.39, 0.29) is 0 Å². The molecule has 20 heavy (non-hydrogen) atoms. The Morgan fingerprint density at radius 1 is 1.15 bits per heavy atom. The van der Waals surface area contributed by atoms with Gasteiger partial charge in [-0.1, -0.05) is 38.1 Å².